The van der Waals surface area contributed by atoms with E-state index in [9.17, 15) is 4.79 Å². The van der Waals surface area contributed by atoms with E-state index in [1.54, 1.807) is 35.9 Å². The molecule has 1 aromatic carbocycles. The third kappa shape index (κ3) is 6.84. The van der Waals surface area contributed by atoms with Gasteiger partial charge in [-0.15, -0.1) is 11.3 Å². The highest BCUT2D eigenvalue weighted by Crippen LogP contribution is 2.21. The van der Waals surface area contributed by atoms with Gasteiger partial charge in [-0.25, -0.2) is 4.98 Å². The Balaban J connectivity index is 1.38. The van der Waals surface area contributed by atoms with Gasteiger partial charge in [-0.1, -0.05) is 19.1 Å². The van der Waals surface area contributed by atoms with E-state index in [1.165, 1.54) is 0 Å². The second-order valence-electron chi connectivity index (χ2n) is 6.51. The molecule has 0 bridgehead atoms. The molecule has 150 valence electrons. The van der Waals surface area contributed by atoms with Gasteiger partial charge in [-0.3, -0.25) is 9.78 Å². The normalized spacial score (nSPS) is 10.9. The Hall–Kier alpha value is -2.99. The van der Waals surface area contributed by atoms with E-state index in [2.05, 4.69) is 27.6 Å². The van der Waals surface area contributed by atoms with Gasteiger partial charge in [0, 0.05) is 42.4 Å². The van der Waals surface area contributed by atoms with Crippen LogP contribution in [0.1, 0.15) is 30.3 Å². The van der Waals surface area contributed by atoms with Gasteiger partial charge in [0.15, 0.2) is 0 Å². The van der Waals surface area contributed by atoms with Gasteiger partial charge in [0.25, 0.3) is 0 Å². The fraction of sp³-hybridized carbons (Fsp3) is 0.261. The van der Waals surface area contributed by atoms with E-state index >= 15 is 0 Å². The van der Waals surface area contributed by atoms with E-state index in [-0.39, 0.29) is 5.91 Å². The highest BCUT2D eigenvalue weighted by atomic mass is 32.1. The van der Waals surface area contributed by atoms with Crippen molar-refractivity contribution in [3.05, 3.63) is 70.8 Å². The Kier molecular flexibility index (Phi) is 7.95. The van der Waals surface area contributed by atoms with Crippen LogP contribution in [-0.2, 0) is 11.2 Å². The van der Waals surface area contributed by atoms with Crippen LogP contribution in [0.3, 0.4) is 0 Å². The molecule has 3 rings (SSSR count). The fourth-order valence-electron chi connectivity index (χ4n) is 2.66. The molecule has 3 aromatic rings. The molecule has 0 aliphatic heterocycles. The first-order valence-electron chi connectivity index (χ1n) is 9.78. The molecule has 0 spiro atoms. The molecular formula is C23H25N3O2S. The highest BCUT2D eigenvalue weighted by Gasteiger charge is 2.04. The maximum absolute atomic E-state index is 12.0. The molecule has 0 aliphatic carbocycles. The first kappa shape index (κ1) is 20.7. The van der Waals surface area contributed by atoms with E-state index in [0.29, 0.717) is 13.2 Å². The number of aryl methyl sites for hydroxylation is 1. The zero-order valence-electron chi connectivity index (χ0n) is 16.5. The van der Waals surface area contributed by atoms with E-state index in [1.807, 2.05) is 36.4 Å². The standard InChI is InChI=1S/C23H25N3O2S/c1-2-16-28-20-8-5-18(6-9-20)7-10-22(27)25-13-3-4-23-26-21(17-29-23)19-11-14-24-15-12-19/h5-12,14-15,17H,2-4,13,16H2,1H3,(H,25,27). The lowest BCUT2D eigenvalue weighted by atomic mass is 10.2. The molecule has 1 N–H and O–H groups in total. The lowest BCUT2D eigenvalue weighted by molar-refractivity contribution is -0.116. The molecular weight excluding hydrogens is 382 g/mol. The Morgan fingerprint density at radius 2 is 1.97 bits per heavy atom. The SMILES string of the molecule is CCCOc1ccc(C=CC(=O)NCCCc2nc(-c3ccncc3)cs2)cc1. The summed E-state index contributed by atoms with van der Waals surface area (Å²) in [5.41, 5.74) is 3.02. The van der Waals surface area contributed by atoms with Crippen LogP contribution in [-0.4, -0.2) is 29.0 Å². The average molecular weight is 408 g/mol. The van der Waals surface area contributed by atoms with Crippen LogP contribution in [0, 0.1) is 0 Å². The van der Waals surface area contributed by atoms with E-state index < -0.39 is 0 Å². The zero-order valence-corrected chi connectivity index (χ0v) is 17.3. The molecule has 0 unspecified atom stereocenters. The van der Waals surface area contributed by atoms with Crippen molar-refractivity contribution >= 4 is 23.3 Å². The summed E-state index contributed by atoms with van der Waals surface area (Å²) in [7, 11) is 0. The quantitative estimate of drug-likeness (QED) is 0.389. The Bertz CT molecular complexity index is 921. The number of pyridine rings is 1. The number of nitrogens with one attached hydrogen (secondary N) is 1. The zero-order chi connectivity index (χ0) is 20.3. The molecule has 29 heavy (non-hydrogen) atoms. The third-order valence-corrected chi connectivity index (χ3v) is 5.08. The smallest absolute Gasteiger partial charge is 0.243 e. The number of hydrogen-bond acceptors (Lipinski definition) is 5. The van der Waals surface area contributed by atoms with Crippen molar-refractivity contribution in [2.45, 2.75) is 26.2 Å². The van der Waals surface area contributed by atoms with Crippen LogP contribution >= 0.6 is 11.3 Å². The Morgan fingerprint density at radius 1 is 1.17 bits per heavy atom. The molecule has 0 saturated heterocycles. The molecule has 0 saturated carbocycles. The van der Waals surface area contributed by atoms with Crippen molar-refractivity contribution in [1.29, 1.82) is 0 Å². The van der Waals surface area contributed by atoms with Crippen molar-refractivity contribution < 1.29 is 9.53 Å². The maximum atomic E-state index is 12.0. The Morgan fingerprint density at radius 3 is 2.72 bits per heavy atom. The van der Waals surface area contributed by atoms with Gasteiger partial charge in [0.05, 0.1) is 17.3 Å². The van der Waals surface area contributed by atoms with Crippen molar-refractivity contribution in [3.63, 3.8) is 0 Å². The number of carbonyl (C=O) groups excluding carboxylic acids is 1. The number of aromatic nitrogens is 2. The predicted octanol–water partition coefficient (Wildman–Crippen LogP) is 4.76. The number of nitrogens with zero attached hydrogens (tertiary/aromatic N) is 2. The molecule has 0 aliphatic rings. The summed E-state index contributed by atoms with van der Waals surface area (Å²) < 4.78 is 5.55. The number of rotatable bonds is 10. The summed E-state index contributed by atoms with van der Waals surface area (Å²) >= 11 is 1.65. The minimum atomic E-state index is -0.0899. The van der Waals surface area contributed by atoms with Crippen molar-refractivity contribution in [2.75, 3.05) is 13.2 Å². The first-order valence-corrected chi connectivity index (χ1v) is 10.7. The highest BCUT2D eigenvalue weighted by molar-refractivity contribution is 7.09. The van der Waals surface area contributed by atoms with Crippen molar-refractivity contribution in [2.24, 2.45) is 0 Å². The van der Waals surface area contributed by atoms with Gasteiger partial charge < -0.3 is 10.1 Å². The Labute approximate surface area is 175 Å². The van der Waals surface area contributed by atoms with Crippen LogP contribution in [0.25, 0.3) is 17.3 Å². The van der Waals surface area contributed by atoms with Crippen molar-refractivity contribution in [1.82, 2.24) is 15.3 Å². The second-order valence-corrected chi connectivity index (χ2v) is 7.45. The molecule has 6 heteroatoms. The van der Waals surface area contributed by atoms with Crippen LogP contribution in [0.2, 0.25) is 0 Å². The monoisotopic (exact) mass is 407 g/mol. The van der Waals surface area contributed by atoms with Gasteiger partial charge in [-0.2, -0.15) is 0 Å². The molecule has 0 atom stereocenters. The molecule has 2 heterocycles. The van der Waals surface area contributed by atoms with E-state index in [4.69, 9.17) is 4.74 Å². The lowest BCUT2D eigenvalue weighted by Crippen LogP contribution is -2.22. The summed E-state index contributed by atoms with van der Waals surface area (Å²) in [5.74, 6) is 0.760. The lowest BCUT2D eigenvalue weighted by Gasteiger charge is -2.04. The predicted molar refractivity (Wildman–Crippen MR) is 118 cm³/mol. The summed E-state index contributed by atoms with van der Waals surface area (Å²) in [6, 6.07) is 11.6. The molecule has 1 amide bonds. The number of thiazole rings is 1. The molecule has 0 radical (unpaired) electrons. The van der Waals surface area contributed by atoms with E-state index in [0.717, 1.165) is 46.8 Å². The summed E-state index contributed by atoms with van der Waals surface area (Å²) in [4.78, 5) is 20.7. The first-order chi connectivity index (χ1) is 14.2. The average Bonchev–Trinajstić information content (AvgIpc) is 3.24. The second kappa shape index (κ2) is 11.1. The number of carbonyl (C=O) groups is 1. The van der Waals surface area contributed by atoms with Crippen LogP contribution < -0.4 is 10.1 Å². The fourth-order valence-corrected chi connectivity index (χ4v) is 3.51. The van der Waals surface area contributed by atoms with Gasteiger partial charge >= 0.3 is 0 Å². The van der Waals surface area contributed by atoms with Crippen LogP contribution in [0.5, 0.6) is 5.75 Å². The van der Waals surface area contributed by atoms with Gasteiger partial charge in [0.1, 0.15) is 5.75 Å². The summed E-state index contributed by atoms with van der Waals surface area (Å²) in [6.45, 7) is 3.41. The largest absolute Gasteiger partial charge is 0.494 e. The number of ether oxygens (including phenoxy) is 1. The van der Waals surface area contributed by atoms with Gasteiger partial charge in [0.2, 0.25) is 5.91 Å². The molecule has 0 fully saturated rings. The molecule has 5 nitrogen and oxygen atoms in total. The van der Waals surface area contributed by atoms with Gasteiger partial charge in [-0.05, 0) is 48.7 Å². The third-order valence-electron chi connectivity index (χ3n) is 4.17. The summed E-state index contributed by atoms with van der Waals surface area (Å²) in [5, 5.41) is 6.06. The molecule has 2 aromatic heterocycles. The minimum absolute atomic E-state index is 0.0899. The summed E-state index contributed by atoms with van der Waals surface area (Å²) in [6.07, 6.45) is 9.59. The topological polar surface area (TPSA) is 64.1 Å². The minimum Gasteiger partial charge on any atom is -0.494 e. The van der Waals surface area contributed by atoms with Crippen LogP contribution in [0.4, 0.5) is 0 Å². The van der Waals surface area contributed by atoms with Crippen molar-refractivity contribution in [3.8, 4) is 17.0 Å². The maximum Gasteiger partial charge on any atom is 0.243 e. The number of benzene rings is 1. The number of hydrogen-bond donors (Lipinski definition) is 1. The van der Waals surface area contributed by atoms with Crippen LogP contribution in [0.15, 0.2) is 60.2 Å². The number of amides is 1.